The van der Waals surface area contributed by atoms with Crippen LogP contribution in [-0.4, -0.2) is 37.8 Å². The maximum atomic E-state index is 10.8. The van der Waals surface area contributed by atoms with Crippen molar-refractivity contribution in [1.82, 2.24) is 19.7 Å². The zero-order valence-corrected chi connectivity index (χ0v) is 14.7. The second kappa shape index (κ2) is 6.86. The van der Waals surface area contributed by atoms with Crippen molar-refractivity contribution in [3.05, 3.63) is 38.0 Å². The fraction of sp³-hybridized carbons (Fsp3) is 0.500. The molecule has 10 heteroatoms. The summed E-state index contributed by atoms with van der Waals surface area (Å²) in [7, 11) is 0. The van der Waals surface area contributed by atoms with Crippen LogP contribution in [0.1, 0.15) is 31.5 Å². The molecule has 2 aromatic rings. The molecule has 8 nitrogen and oxygen atoms in total. The highest BCUT2D eigenvalue weighted by molar-refractivity contribution is 7.71. The largest absolute Gasteiger partial charge is 0.355 e. The van der Waals surface area contributed by atoms with Crippen LogP contribution in [0, 0.1) is 14.9 Å². The molecule has 1 aliphatic rings. The highest BCUT2D eigenvalue weighted by Gasteiger charge is 2.26. The van der Waals surface area contributed by atoms with E-state index in [1.165, 1.54) is 12.3 Å². The van der Waals surface area contributed by atoms with E-state index in [4.69, 9.17) is 23.8 Å². The minimum Gasteiger partial charge on any atom is -0.355 e. The average molecular weight is 369 g/mol. The van der Waals surface area contributed by atoms with E-state index in [1.807, 2.05) is 11.5 Å². The summed E-state index contributed by atoms with van der Waals surface area (Å²) >= 11 is 11.4. The smallest absolute Gasteiger partial charge is 0.289 e. The Hall–Kier alpha value is -2.00. The number of halogens is 1. The topological polar surface area (TPSA) is 92.9 Å². The molecule has 0 saturated carbocycles. The Morgan fingerprint density at radius 2 is 2.21 bits per heavy atom. The highest BCUT2D eigenvalue weighted by Crippen LogP contribution is 2.33. The van der Waals surface area contributed by atoms with Gasteiger partial charge in [-0.05, 0) is 32.0 Å². The summed E-state index contributed by atoms with van der Waals surface area (Å²) in [5.41, 5.74) is -0.0999. The number of aromatic nitrogens is 4. The van der Waals surface area contributed by atoms with Crippen LogP contribution in [0.5, 0.6) is 0 Å². The quantitative estimate of drug-likeness (QED) is 0.505. The molecule has 24 heavy (non-hydrogen) atoms. The predicted octanol–water partition coefficient (Wildman–Crippen LogP) is 3.30. The van der Waals surface area contributed by atoms with Crippen molar-refractivity contribution in [2.45, 2.75) is 32.2 Å². The van der Waals surface area contributed by atoms with Gasteiger partial charge in [0.25, 0.3) is 5.69 Å². The van der Waals surface area contributed by atoms with Crippen LogP contribution in [-0.2, 0) is 6.54 Å². The van der Waals surface area contributed by atoms with E-state index >= 15 is 0 Å². The maximum Gasteiger partial charge on any atom is 0.289 e. The average Bonchev–Trinajstić information content (AvgIpc) is 2.95. The van der Waals surface area contributed by atoms with Gasteiger partial charge in [-0.1, -0.05) is 11.6 Å². The Labute approximate surface area is 148 Å². The Bertz CT molecular complexity index is 812. The van der Waals surface area contributed by atoms with Crippen molar-refractivity contribution in [2.24, 2.45) is 0 Å². The van der Waals surface area contributed by atoms with Crippen molar-refractivity contribution in [1.29, 1.82) is 0 Å². The second-order valence-corrected chi connectivity index (χ2v) is 6.44. The molecule has 0 aromatic carbocycles. The molecular formula is C14H17ClN6O2S. The molecule has 0 bridgehead atoms. The molecule has 0 radical (unpaired) electrons. The molecule has 1 saturated heterocycles. The lowest BCUT2D eigenvalue weighted by molar-refractivity contribution is -0.385. The number of aromatic amines is 1. The normalized spacial score (nSPS) is 15.7. The summed E-state index contributed by atoms with van der Waals surface area (Å²) in [5.74, 6) is 1.91. The molecule has 3 heterocycles. The monoisotopic (exact) mass is 368 g/mol. The minimum atomic E-state index is -0.498. The molecular weight excluding hydrogens is 352 g/mol. The lowest BCUT2D eigenvalue weighted by atomic mass is 9.96. The second-order valence-electron chi connectivity index (χ2n) is 5.65. The van der Waals surface area contributed by atoms with E-state index in [2.05, 4.69) is 20.1 Å². The molecule has 0 atom stereocenters. The summed E-state index contributed by atoms with van der Waals surface area (Å²) in [6.45, 7) is 4.36. The number of rotatable bonds is 4. The number of pyridine rings is 1. The molecule has 3 rings (SSSR count). The van der Waals surface area contributed by atoms with Gasteiger partial charge in [0.2, 0.25) is 0 Å². The first kappa shape index (κ1) is 16.8. The van der Waals surface area contributed by atoms with Gasteiger partial charge in [0.15, 0.2) is 4.77 Å². The van der Waals surface area contributed by atoms with Gasteiger partial charge in [0, 0.05) is 31.6 Å². The van der Waals surface area contributed by atoms with Crippen molar-refractivity contribution < 1.29 is 4.92 Å². The SMILES string of the molecule is CCn1c(C2CCN(c3ncc([N+](=O)[O-])cc3Cl)CC2)n[nH]c1=S. The number of piperidine rings is 1. The molecule has 1 aliphatic heterocycles. The highest BCUT2D eigenvalue weighted by atomic mass is 35.5. The summed E-state index contributed by atoms with van der Waals surface area (Å²) < 4.78 is 2.67. The van der Waals surface area contributed by atoms with Gasteiger partial charge in [0.05, 0.1) is 9.95 Å². The molecule has 0 spiro atoms. The maximum absolute atomic E-state index is 10.8. The van der Waals surface area contributed by atoms with Gasteiger partial charge in [-0.2, -0.15) is 5.10 Å². The Morgan fingerprint density at radius 1 is 1.50 bits per heavy atom. The number of nitrogens with zero attached hydrogens (tertiary/aromatic N) is 5. The van der Waals surface area contributed by atoms with Gasteiger partial charge in [-0.25, -0.2) is 4.98 Å². The molecule has 0 aliphatic carbocycles. The van der Waals surface area contributed by atoms with Gasteiger partial charge < -0.3 is 9.47 Å². The zero-order valence-electron chi connectivity index (χ0n) is 13.1. The molecule has 0 unspecified atom stereocenters. The van der Waals surface area contributed by atoms with E-state index in [1.54, 1.807) is 0 Å². The first-order chi connectivity index (χ1) is 11.5. The number of nitrogens with one attached hydrogen (secondary N) is 1. The van der Waals surface area contributed by atoms with Gasteiger partial charge in [-0.3, -0.25) is 15.2 Å². The van der Waals surface area contributed by atoms with E-state index in [9.17, 15) is 10.1 Å². The van der Waals surface area contributed by atoms with Gasteiger partial charge in [0.1, 0.15) is 17.8 Å². The lowest BCUT2D eigenvalue weighted by Crippen LogP contribution is -2.34. The summed E-state index contributed by atoms with van der Waals surface area (Å²) in [6, 6.07) is 1.35. The van der Waals surface area contributed by atoms with Crippen molar-refractivity contribution in [2.75, 3.05) is 18.0 Å². The van der Waals surface area contributed by atoms with Crippen molar-refractivity contribution in [3.63, 3.8) is 0 Å². The third kappa shape index (κ3) is 3.13. The van der Waals surface area contributed by atoms with Crippen molar-refractivity contribution in [3.8, 4) is 0 Å². The molecule has 1 fully saturated rings. The number of H-pyrrole nitrogens is 1. The van der Waals surface area contributed by atoms with E-state index in [-0.39, 0.29) is 5.69 Å². The Morgan fingerprint density at radius 3 is 2.79 bits per heavy atom. The summed E-state index contributed by atoms with van der Waals surface area (Å²) in [5, 5.41) is 18.3. The Balaban J connectivity index is 1.73. The molecule has 128 valence electrons. The standard InChI is InChI=1S/C14H17ClN6O2S/c1-2-20-12(17-18-14(20)24)9-3-5-19(6-4-9)13-11(15)7-10(8-16-13)21(22)23/h7-9H,2-6H2,1H3,(H,18,24). The van der Waals surface area contributed by atoms with Gasteiger partial charge >= 0.3 is 0 Å². The van der Waals surface area contributed by atoms with Crippen LogP contribution in [0.25, 0.3) is 0 Å². The van der Waals surface area contributed by atoms with E-state index in [0.717, 1.165) is 38.3 Å². The van der Waals surface area contributed by atoms with Crippen LogP contribution in [0.2, 0.25) is 5.02 Å². The van der Waals surface area contributed by atoms with E-state index in [0.29, 0.717) is 21.5 Å². The zero-order chi connectivity index (χ0) is 17.3. The number of anilines is 1. The summed E-state index contributed by atoms with van der Waals surface area (Å²) in [4.78, 5) is 16.5. The fourth-order valence-corrected chi connectivity index (χ4v) is 3.60. The summed E-state index contributed by atoms with van der Waals surface area (Å²) in [6.07, 6.45) is 3.04. The molecule has 2 aromatic heterocycles. The van der Waals surface area contributed by atoms with Crippen LogP contribution in [0.3, 0.4) is 0 Å². The van der Waals surface area contributed by atoms with Crippen molar-refractivity contribution >= 4 is 35.3 Å². The lowest BCUT2D eigenvalue weighted by Gasteiger charge is -2.32. The third-order valence-electron chi connectivity index (χ3n) is 4.28. The van der Waals surface area contributed by atoms with Crippen LogP contribution in [0.15, 0.2) is 12.3 Å². The predicted molar refractivity (Wildman–Crippen MR) is 93.2 cm³/mol. The number of hydrogen-bond donors (Lipinski definition) is 1. The minimum absolute atomic E-state index is 0.0999. The third-order valence-corrected chi connectivity index (χ3v) is 4.87. The number of nitro groups is 1. The van der Waals surface area contributed by atoms with E-state index < -0.39 is 4.92 Å². The van der Waals surface area contributed by atoms with Crippen LogP contribution in [0.4, 0.5) is 11.5 Å². The first-order valence-electron chi connectivity index (χ1n) is 7.71. The Kier molecular flexibility index (Phi) is 4.81. The first-order valence-corrected chi connectivity index (χ1v) is 8.49. The van der Waals surface area contributed by atoms with Crippen LogP contribution >= 0.6 is 23.8 Å². The molecule has 0 amide bonds. The number of hydrogen-bond acceptors (Lipinski definition) is 6. The van der Waals surface area contributed by atoms with Gasteiger partial charge in [-0.15, -0.1) is 0 Å². The molecule has 1 N–H and O–H groups in total. The van der Waals surface area contributed by atoms with Crippen LogP contribution < -0.4 is 4.90 Å². The fourth-order valence-electron chi connectivity index (χ4n) is 3.05.